The Morgan fingerprint density at radius 2 is 2.06 bits per heavy atom. The minimum Gasteiger partial charge on any atom is -0.493 e. The van der Waals surface area contributed by atoms with Crippen molar-refractivity contribution in [2.45, 2.75) is 20.0 Å². The first-order valence-electron chi connectivity index (χ1n) is 11.8. The number of hydrogen-bond acceptors (Lipinski definition) is 7. The predicted molar refractivity (Wildman–Crippen MR) is 135 cm³/mol. The Hall–Kier alpha value is -3.49. The Balaban J connectivity index is 1.61. The van der Waals surface area contributed by atoms with Crippen molar-refractivity contribution in [2.24, 2.45) is 0 Å². The van der Waals surface area contributed by atoms with Crippen LogP contribution in [0.5, 0.6) is 11.5 Å². The van der Waals surface area contributed by atoms with Crippen LogP contribution in [0.25, 0.3) is 11.3 Å². The number of aromatic nitrogens is 2. The summed E-state index contributed by atoms with van der Waals surface area (Å²) >= 11 is 0. The van der Waals surface area contributed by atoms with Gasteiger partial charge < -0.3 is 24.4 Å². The fraction of sp³-hybridized carbons (Fsp3) is 0.333. The van der Waals surface area contributed by atoms with E-state index >= 15 is 0 Å². The zero-order chi connectivity index (χ0) is 24.5. The Labute approximate surface area is 205 Å². The van der Waals surface area contributed by atoms with Gasteiger partial charge in [0.1, 0.15) is 23.9 Å². The molecule has 2 heterocycles. The van der Waals surface area contributed by atoms with Crippen molar-refractivity contribution in [3.63, 3.8) is 0 Å². The summed E-state index contributed by atoms with van der Waals surface area (Å²) in [7, 11) is 2.07. The smallest absolute Gasteiger partial charge is 0.227 e. The van der Waals surface area contributed by atoms with Crippen LogP contribution < -0.4 is 14.8 Å². The van der Waals surface area contributed by atoms with E-state index in [2.05, 4.69) is 34.2 Å². The van der Waals surface area contributed by atoms with Crippen LogP contribution in [0.4, 0.5) is 16.0 Å². The molecule has 0 amide bonds. The van der Waals surface area contributed by atoms with Gasteiger partial charge in [-0.15, -0.1) is 0 Å². The minimum atomic E-state index is -0.380. The molecule has 0 atom stereocenters. The third-order valence-corrected chi connectivity index (χ3v) is 5.60. The molecule has 6 bridgehead atoms. The SMILES string of the molecule is CCN(C)CCOc1ccc2cc1COC/C=C/CCOc1cc(F)cc(c1)-c1ccnc(n1)N2. The highest BCUT2D eigenvalue weighted by Gasteiger charge is 2.10. The summed E-state index contributed by atoms with van der Waals surface area (Å²) < 4.78 is 31.9. The minimum absolute atomic E-state index is 0.380. The number of benzene rings is 2. The molecule has 2 aromatic carbocycles. The van der Waals surface area contributed by atoms with Crippen molar-refractivity contribution in [3.05, 3.63) is 72.2 Å². The number of anilines is 2. The molecule has 1 aromatic heterocycles. The van der Waals surface area contributed by atoms with E-state index in [0.29, 0.717) is 55.8 Å². The number of fused-ring (bicyclic) bond motifs is 7. The van der Waals surface area contributed by atoms with Crippen LogP contribution in [0, 0.1) is 5.82 Å². The predicted octanol–water partition coefficient (Wildman–Crippen LogP) is 5.21. The maximum atomic E-state index is 14.2. The van der Waals surface area contributed by atoms with Gasteiger partial charge in [-0.2, -0.15) is 0 Å². The molecular formula is C27H31FN4O3. The molecule has 184 valence electrons. The van der Waals surface area contributed by atoms with Crippen LogP contribution >= 0.6 is 0 Å². The zero-order valence-corrected chi connectivity index (χ0v) is 20.2. The van der Waals surface area contributed by atoms with Gasteiger partial charge >= 0.3 is 0 Å². The van der Waals surface area contributed by atoms with Crippen molar-refractivity contribution in [3.8, 4) is 22.8 Å². The van der Waals surface area contributed by atoms with Gasteiger partial charge in [-0.1, -0.05) is 19.1 Å². The number of rotatable bonds is 5. The van der Waals surface area contributed by atoms with Crippen molar-refractivity contribution in [2.75, 3.05) is 45.3 Å². The van der Waals surface area contributed by atoms with Gasteiger partial charge in [-0.05, 0) is 56.4 Å². The summed E-state index contributed by atoms with van der Waals surface area (Å²) in [4.78, 5) is 11.1. The molecule has 0 fully saturated rings. The first-order chi connectivity index (χ1) is 17.1. The maximum absolute atomic E-state index is 14.2. The summed E-state index contributed by atoms with van der Waals surface area (Å²) in [5.74, 6) is 1.27. The van der Waals surface area contributed by atoms with Gasteiger partial charge in [0.25, 0.3) is 0 Å². The summed E-state index contributed by atoms with van der Waals surface area (Å²) in [6, 6.07) is 12.2. The standard InChI is InChI=1S/C27H31FN4O3/c1-3-32(2)11-14-35-26-8-7-23-16-21(26)19-33-12-5-4-6-13-34-24-17-20(15-22(28)18-24)25-9-10-29-27(30-23)31-25/h4-5,7-10,15-18H,3,6,11-14,19H2,1-2H3,(H,29,30,31)/b5-4+. The van der Waals surface area contributed by atoms with Gasteiger partial charge in [0, 0.05) is 35.6 Å². The molecule has 7 nitrogen and oxygen atoms in total. The molecule has 35 heavy (non-hydrogen) atoms. The van der Waals surface area contributed by atoms with Crippen LogP contribution in [-0.2, 0) is 11.3 Å². The lowest BCUT2D eigenvalue weighted by Gasteiger charge is -2.17. The second-order valence-electron chi connectivity index (χ2n) is 8.26. The molecule has 0 radical (unpaired) electrons. The lowest BCUT2D eigenvalue weighted by Crippen LogP contribution is -2.24. The van der Waals surface area contributed by atoms with Gasteiger partial charge in [0.2, 0.25) is 5.95 Å². The third-order valence-electron chi connectivity index (χ3n) is 5.60. The number of halogens is 1. The van der Waals surface area contributed by atoms with E-state index in [9.17, 15) is 4.39 Å². The van der Waals surface area contributed by atoms with E-state index < -0.39 is 0 Å². The quantitative estimate of drug-likeness (QED) is 0.505. The van der Waals surface area contributed by atoms with Gasteiger partial charge in [0.05, 0.1) is 25.5 Å². The van der Waals surface area contributed by atoms with Crippen LogP contribution in [0.15, 0.2) is 60.8 Å². The molecule has 1 aliphatic rings. The molecule has 0 aliphatic carbocycles. The Bertz CT molecular complexity index is 1160. The summed E-state index contributed by atoms with van der Waals surface area (Å²) in [6.45, 7) is 5.81. The molecular weight excluding hydrogens is 447 g/mol. The average Bonchev–Trinajstić information content (AvgIpc) is 2.86. The molecule has 4 rings (SSSR count). The van der Waals surface area contributed by atoms with Gasteiger partial charge in [-0.25, -0.2) is 14.4 Å². The van der Waals surface area contributed by atoms with E-state index in [1.165, 1.54) is 12.1 Å². The van der Waals surface area contributed by atoms with E-state index in [-0.39, 0.29) is 5.82 Å². The van der Waals surface area contributed by atoms with Crippen LogP contribution in [0.3, 0.4) is 0 Å². The first-order valence-corrected chi connectivity index (χ1v) is 11.8. The molecule has 0 saturated carbocycles. The fourth-order valence-corrected chi connectivity index (χ4v) is 3.55. The highest BCUT2D eigenvalue weighted by Crippen LogP contribution is 2.28. The van der Waals surface area contributed by atoms with Crippen molar-refractivity contribution < 1.29 is 18.6 Å². The van der Waals surface area contributed by atoms with E-state index in [4.69, 9.17) is 14.2 Å². The average molecular weight is 479 g/mol. The zero-order valence-electron chi connectivity index (χ0n) is 20.2. The Morgan fingerprint density at radius 1 is 1.14 bits per heavy atom. The molecule has 0 unspecified atom stereocenters. The van der Waals surface area contributed by atoms with Crippen molar-refractivity contribution >= 4 is 11.6 Å². The molecule has 3 aromatic rings. The van der Waals surface area contributed by atoms with Gasteiger partial charge in [-0.3, -0.25) is 0 Å². The third kappa shape index (κ3) is 7.24. The Morgan fingerprint density at radius 3 is 2.94 bits per heavy atom. The second-order valence-corrected chi connectivity index (χ2v) is 8.26. The molecule has 1 N–H and O–H groups in total. The van der Waals surface area contributed by atoms with Crippen LogP contribution in [0.1, 0.15) is 18.9 Å². The van der Waals surface area contributed by atoms with E-state index in [1.54, 1.807) is 18.3 Å². The topological polar surface area (TPSA) is 68.7 Å². The largest absolute Gasteiger partial charge is 0.493 e. The summed E-state index contributed by atoms with van der Waals surface area (Å²) in [6.07, 6.45) is 6.29. The number of nitrogens with zero attached hydrogens (tertiary/aromatic N) is 3. The van der Waals surface area contributed by atoms with Gasteiger partial charge in [0.15, 0.2) is 0 Å². The molecule has 0 saturated heterocycles. The first kappa shape index (κ1) is 24.6. The molecule has 0 spiro atoms. The second kappa shape index (κ2) is 12.3. The number of ether oxygens (including phenoxy) is 3. The van der Waals surface area contributed by atoms with Crippen molar-refractivity contribution in [1.29, 1.82) is 0 Å². The fourth-order valence-electron chi connectivity index (χ4n) is 3.55. The summed E-state index contributed by atoms with van der Waals surface area (Å²) in [5.41, 5.74) is 2.95. The molecule has 1 aliphatic heterocycles. The number of hydrogen-bond donors (Lipinski definition) is 1. The summed E-state index contributed by atoms with van der Waals surface area (Å²) in [5, 5.41) is 3.24. The van der Waals surface area contributed by atoms with E-state index in [1.807, 2.05) is 30.4 Å². The highest BCUT2D eigenvalue weighted by molar-refractivity contribution is 5.64. The Kier molecular flexibility index (Phi) is 8.64. The lowest BCUT2D eigenvalue weighted by atomic mass is 10.1. The van der Waals surface area contributed by atoms with Crippen LogP contribution in [0.2, 0.25) is 0 Å². The molecule has 8 heteroatoms. The number of nitrogens with one attached hydrogen (secondary N) is 1. The monoisotopic (exact) mass is 478 g/mol. The highest BCUT2D eigenvalue weighted by atomic mass is 19.1. The maximum Gasteiger partial charge on any atom is 0.227 e. The lowest BCUT2D eigenvalue weighted by molar-refractivity contribution is 0.144. The van der Waals surface area contributed by atoms with Crippen LogP contribution in [-0.4, -0.2) is 54.8 Å². The van der Waals surface area contributed by atoms with E-state index in [0.717, 1.165) is 30.1 Å². The number of likely N-dealkylation sites (N-methyl/N-ethyl adjacent to an activating group) is 1. The normalized spacial score (nSPS) is 14.9. The van der Waals surface area contributed by atoms with Crippen molar-refractivity contribution in [1.82, 2.24) is 14.9 Å².